The molecule has 22 heavy (non-hydrogen) atoms. The molecule has 1 aliphatic heterocycles. The Balaban J connectivity index is 1.77. The molecule has 1 N–H and O–H groups in total. The number of hydrogen-bond acceptors (Lipinski definition) is 6. The van der Waals surface area contributed by atoms with Crippen LogP contribution in [0.5, 0.6) is 0 Å². The van der Waals surface area contributed by atoms with Gasteiger partial charge in [0.15, 0.2) is 0 Å². The lowest BCUT2D eigenvalue weighted by molar-refractivity contribution is -0.132. The smallest absolute Gasteiger partial charge is 0.271 e. The fraction of sp³-hybridized carbons (Fsp3) is 0.500. The number of aliphatic hydroxyl groups excluding tert-OH is 1. The summed E-state index contributed by atoms with van der Waals surface area (Å²) >= 11 is 1.32. The number of carbonyl (C=O) groups is 1. The van der Waals surface area contributed by atoms with Crippen molar-refractivity contribution in [1.82, 2.24) is 14.5 Å². The Morgan fingerprint density at radius 1 is 1.55 bits per heavy atom. The van der Waals surface area contributed by atoms with E-state index in [1.807, 2.05) is 5.38 Å². The monoisotopic (exact) mass is 323 g/mol. The van der Waals surface area contributed by atoms with Crippen LogP contribution in [0.15, 0.2) is 22.6 Å². The topological polar surface area (TPSA) is 84.7 Å². The van der Waals surface area contributed by atoms with Crippen LogP contribution in [-0.4, -0.2) is 58.4 Å². The van der Waals surface area contributed by atoms with Crippen molar-refractivity contribution in [2.24, 2.45) is 5.92 Å². The van der Waals surface area contributed by atoms with Crippen molar-refractivity contribution >= 4 is 27.5 Å². The molecule has 2 aromatic heterocycles. The molecular weight excluding hydrogens is 306 g/mol. The maximum absolute atomic E-state index is 12.4. The summed E-state index contributed by atoms with van der Waals surface area (Å²) < 4.78 is 7.26. The molecule has 3 rings (SSSR count). The normalized spacial score (nSPS) is 19.3. The van der Waals surface area contributed by atoms with Gasteiger partial charge in [-0.15, -0.1) is 11.3 Å². The van der Waals surface area contributed by atoms with E-state index in [0.29, 0.717) is 36.5 Å². The van der Waals surface area contributed by atoms with E-state index in [2.05, 4.69) is 4.98 Å². The Morgan fingerprint density at radius 2 is 2.41 bits per heavy atom. The third-order valence-electron chi connectivity index (χ3n) is 3.69. The van der Waals surface area contributed by atoms with E-state index in [1.165, 1.54) is 22.2 Å². The molecule has 1 atom stereocenters. The average Bonchev–Trinajstić information content (AvgIpc) is 2.87. The summed E-state index contributed by atoms with van der Waals surface area (Å²) in [5.74, 6) is -0.246. The highest BCUT2D eigenvalue weighted by atomic mass is 32.1. The molecular formula is C14H17N3O4S. The third-order valence-corrected chi connectivity index (χ3v) is 4.58. The fourth-order valence-electron chi connectivity index (χ4n) is 2.45. The van der Waals surface area contributed by atoms with Crippen LogP contribution in [0.3, 0.4) is 0 Å². The third kappa shape index (κ3) is 3.03. The van der Waals surface area contributed by atoms with Gasteiger partial charge in [-0.2, -0.15) is 0 Å². The molecule has 3 heterocycles. The van der Waals surface area contributed by atoms with E-state index in [0.717, 1.165) is 0 Å². The van der Waals surface area contributed by atoms with E-state index in [1.54, 1.807) is 11.0 Å². The van der Waals surface area contributed by atoms with Crippen LogP contribution in [0.25, 0.3) is 10.2 Å². The van der Waals surface area contributed by atoms with E-state index in [-0.39, 0.29) is 30.5 Å². The zero-order valence-corrected chi connectivity index (χ0v) is 12.8. The van der Waals surface area contributed by atoms with Gasteiger partial charge in [0, 0.05) is 25.6 Å². The summed E-state index contributed by atoms with van der Waals surface area (Å²) in [4.78, 5) is 30.5. The highest BCUT2D eigenvalue weighted by molar-refractivity contribution is 7.17. The van der Waals surface area contributed by atoms with Crippen molar-refractivity contribution in [1.29, 1.82) is 0 Å². The van der Waals surface area contributed by atoms with Crippen molar-refractivity contribution < 1.29 is 14.6 Å². The Hall–Kier alpha value is -1.77. The number of hydrogen-bond donors (Lipinski definition) is 1. The van der Waals surface area contributed by atoms with Gasteiger partial charge in [-0.05, 0) is 11.4 Å². The first-order valence-corrected chi connectivity index (χ1v) is 7.96. The minimum atomic E-state index is -0.196. The number of nitrogens with zero attached hydrogens (tertiary/aromatic N) is 3. The van der Waals surface area contributed by atoms with Gasteiger partial charge >= 0.3 is 0 Å². The molecule has 0 aliphatic carbocycles. The van der Waals surface area contributed by atoms with Gasteiger partial charge in [-0.1, -0.05) is 0 Å². The molecule has 8 heteroatoms. The Morgan fingerprint density at radius 3 is 3.23 bits per heavy atom. The minimum absolute atomic E-state index is 0.0214. The van der Waals surface area contributed by atoms with E-state index < -0.39 is 0 Å². The minimum Gasteiger partial charge on any atom is -0.396 e. The van der Waals surface area contributed by atoms with Gasteiger partial charge in [0.2, 0.25) is 5.91 Å². The van der Waals surface area contributed by atoms with Crippen LogP contribution in [0.4, 0.5) is 0 Å². The molecule has 0 unspecified atom stereocenters. The molecule has 2 aromatic rings. The summed E-state index contributed by atoms with van der Waals surface area (Å²) in [5.41, 5.74) is 0.459. The summed E-state index contributed by atoms with van der Waals surface area (Å²) in [7, 11) is 0. The standard InChI is InChI=1S/C14H17N3O4S/c18-7-10-5-16(2-3-21-8-10)12(19)6-17-9-15-11-1-4-22-13(11)14(17)20/h1,4,9-10,18H,2-3,5-8H2/t10-/m1/s1. The second-order valence-corrected chi connectivity index (χ2v) is 6.19. The molecule has 0 aromatic carbocycles. The zero-order valence-electron chi connectivity index (χ0n) is 12.0. The van der Waals surface area contributed by atoms with Crippen molar-refractivity contribution in [3.8, 4) is 0 Å². The predicted octanol–water partition coefficient (Wildman–Crippen LogP) is -0.0747. The van der Waals surface area contributed by atoms with Crippen molar-refractivity contribution in [2.75, 3.05) is 32.9 Å². The van der Waals surface area contributed by atoms with Crippen molar-refractivity contribution in [3.63, 3.8) is 0 Å². The lowest BCUT2D eigenvalue weighted by Gasteiger charge is -2.22. The second kappa shape index (κ2) is 6.55. The number of carbonyl (C=O) groups excluding carboxylic acids is 1. The summed E-state index contributed by atoms with van der Waals surface area (Å²) in [6.07, 6.45) is 1.41. The van der Waals surface area contributed by atoms with Crippen LogP contribution < -0.4 is 5.56 Å². The molecule has 0 radical (unpaired) electrons. The maximum atomic E-state index is 12.4. The summed E-state index contributed by atoms with van der Waals surface area (Å²) in [6.45, 7) is 1.74. The first-order valence-electron chi connectivity index (χ1n) is 7.08. The van der Waals surface area contributed by atoms with E-state index >= 15 is 0 Å². The molecule has 0 spiro atoms. The maximum Gasteiger partial charge on any atom is 0.271 e. The van der Waals surface area contributed by atoms with Crippen LogP contribution in [0, 0.1) is 5.92 Å². The molecule has 118 valence electrons. The molecule has 1 saturated heterocycles. The van der Waals surface area contributed by atoms with Crippen LogP contribution in [-0.2, 0) is 16.1 Å². The van der Waals surface area contributed by atoms with Gasteiger partial charge in [0.05, 0.1) is 25.1 Å². The SMILES string of the molecule is O=C(Cn1cnc2ccsc2c1=O)N1CCOC[C@@H](CO)C1. The van der Waals surface area contributed by atoms with Gasteiger partial charge < -0.3 is 14.7 Å². The van der Waals surface area contributed by atoms with Gasteiger partial charge in [-0.3, -0.25) is 14.2 Å². The highest BCUT2D eigenvalue weighted by Gasteiger charge is 2.22. The van der Waals surface area contributed by atoms with Gasteiger partial charge in [0.25, 0.3) is 5.56 Å². The Kier molecular flexibility index (Phi) is 4.51. The Bertz CT molecular complexity index is 726. The molecule has 1 amide bonds. The zero-order chi connectivity index (χ0) is 15.5. The largest absolute Gasteiger partial charge is 0.396 e. The Labute approximate surface area is 130 Å². The molecule has 1 aliphatic rings. The summed E-state index contributed by atoms with van der Waals surface area (Å²) in [6, 6.07) is 1.78. The average molecular weight is 323 g/mol. The lowest BCUT2D eigenvalue weighted by Crippen LogP contribution is -2.40. The lowest BCUT2D eigenvalue weighted by atomic mass is 10.1. The van der Waals surface area contributed by atoms with Crippen molar-refractivity contribution in [3.05, 3.63) is 28.1 Å². The first kappa shape index (κ1) is 15.1. The number of aromatic nitrogens is 2. The summed E-state index contributed by atoms with van der Waals surface area (Å²) in [5, 5.41) is 11.1. The van der Waals surface area contributed by atoms with Gasteiger partial charge in [-0.25, -0.2) is 4.98 Å². The number of ether oxygens (including phenoxy) is 1. The first-order chi connectivity index (χ1) is 10.7. The van der Waals surface area contributed by atoms with E-state index in [9.17, 15) is 14.7 Å². The predicted molar refractivity (Wildman–Crippen MR) is 81.9 cm³/mol. The number of amides is 1. The molecule has 1 fully saturated rings. The molecule has 0 saturated carbocycles. The molecule has 0 bridgehead atoms. The second-order valence-electron chi connectivity index (χ2n) is 5.28. The van der Waals surface area contributed by atoms with E-state index in [4.69, 9.17) is 4.74 Å². The molecule has 7 nitrogen and oxygen atoms in total. The van der Waals surface area contributed by atoms with Crippen LogP contribution in [0.2, 0.25) is 0 Å². The number of fused-ring (bicyclic) bond motifs is 1. The number of rotatable bonds is 3. The van der Waals surface area contributed by atoms with Gasteiger partial charge in [0.1, 0.15) is 11.2 Å². The quantitative estimate of drug-likeness (QED) is 0.854. The number of thiophene rings is 1. The van der Waals surface area contributed by atoms with Crippen LogP contribution in [0.1, 0.15) is 0 Å². The van der Waals surface area contributed by atoms with Crippen LogP contribution >= 0.6 is 11.3 Å². The number of aliphatic hydroxyl groups is 1. The van der Waals surface area contributed by atoms with Crippen molar-refractivity contribution in [2.45, 2.75) is 6.54 Å². The highest BCUT2D eigenvalue weighted by Crippen LogP contribution is 2.13. The fourth-order valence-corrected chi connectivity index (χ4v) is 3.25.